The van der Waals surface area contributed by atoms with Crippen molar-refractivity contribution in [3.8, 4) is 11.1 Å². The Balaban J connectivity index is 1.16. The Hall–Kier alpha value is -2.35. The van der Waals surface area contributed by atoms with E-state index in [0.29, 0.717) is 23.8 Å². The molecule has 0 amide bonds. The summed E-state index contributed by atoms with van der Waals surface area (Å²) >= 11 is 0. The fraction of sp³-hybridized carbons (Fsp3) is 0.577. The molecule has 33 heavy (non-hydrogen) atoms. The first-order valence-corrected chi connectivity index (χ1v) is 12.4. The standard InChI is InChI=1S/C26H33N5O2/c1-30-16-26(17-30)8-5-18(6-9-26)21-14-29-31-10-7-19(11-22(21)31)20-12-27-25(28-13-20)15-33-24-4-2-3-23(24)32/h7,10-14,18,23-24,32H,2-6,8-9,15-17H2,1H3/t23-,24-/m0/s1. The summed E-state index contributed by atoms with van der Waals surface area (Å²) in [7, 11) is 2.23. The van der Waals surface area contributed by atoms with Crippen LogP contribution in [0.2, 0.25) is 0 Å². The van der Waals surface area contributed by atoms with Gasteiger partial charge in [0.05, 0.1) is 23.9 Å². The maximum absolute atomic E-state index is 9.92. The van der Waals surface area contributed by atoms with E-state index in [0.717, 1.165) is 30.4 Å². The van der Waals surface area contributed by atoms with Gasteiger partial charge in [0.2, 0.25) is 0 Å². The lowest BCUT2D eigenvalue weighted by molar-refractivity contribution is -0.0295. The number of hydrogen-bond donors (Lipinski definition) is 1. The number of aliphatic hydroxyl groups is 1. The summed E-state index contributed by atoms with van der Waals surface area (Å²) in [4.78, 5) is 11.5. The molecule has 0 radical (unpaired) electrons. The predicted octanol–water partition coefficient (Wildman–Crippen LogP) is 3.81. The van der Waals surface area contributed by atoms with Crippen LogP contribution < -0.4 is 0 Å². The van der Waals surface area contributed by atoms with Crippen molar-refractivity contribution in [3.05, 3.63) is 48.3 Å². The van der Waals surface area contributed by atoms with Gasteiger partial charge in [-0.2, -0.15) is 5.10 Å². The summed E-state index contributed by atoms with van der Waals surface area (Å²) in [5.74, 6) is 1.25. The number of hydrogen-bond acceptors (Lipinski definition) is 6. The first-order chi connectivity index (χ1) is 16.1. The third-order valence-electron chi connectivity index (χ3n) is 8.13. The number of ether oxygens (including phenoxy) is 1. The summed E-state index contributed by atoms with van der Waals surface area (Å²) < 4.78 is 7.82. The molecule has 1 saturated heterocycles. The lowest BCUT2D eigenvalue weighted by Gasteiger charge is -2.52. The molecule has 3 aromatic rings. The average Bonchev–Trinajstić information content (AvgIpc) is 3.43. The van der Waals surface area contributed by atoms with Gasteiger partial charge in [0.1, 0.15) is 6.61 Å². The topological polar surface area (TPSA) is 75.8 Å². The molecule has 1 spiro atoms. The average molecular weight is 448 g/mol. The normalized spacial score (nSPS) is 25.6. The fourth-order valence-corrected chi connectivity index (χ4v) is 6.31. The number of aromatic nitrogens is 4. The van der Waals surface area contributed by atoms with Gasteiger partial charge in [-0.25, -0.2) is 14.5 Å². The molecule has 3 aromatic heterocycles. The molecule has 2 saturated carbocycles. The second-order valence-electron chi connectivity index (χ2n) is 10.5. The zero-order valence-corrected chi connectivity index (χ0v) is 19.4. The van der Waals surface area contributed by atoms with Crippen molar-refractivity contribution >= 4 is 5.52 Å². The van der Waals surface area contributed by atoms with E-state index in [1.54, 1.807) is 0 Å². The maximum Gasteiger partial charge on any atom is 0.153 e. The largest absolute Gasteiger partial charge is 0.390 e. The highest BCUT2D eigenvalue weighted by atomic mass is 16.5. The van der Waals surface area contributed by atoms with E-state index in [1.807, 2.05) is 23.1 Å². The van der Waals surface area contributed by atoms with E-state index in [9.17, 15) is 5.11 Å². The van der Waals surface area contributed by atoms with Crippen LogP contribution in [0.15, 0.2) is 36.9 Å². The van der Waals surface area contributed by atoms with Gasteiger partial charge in [0, 0.05) is 42.8 Å². The van der Waals surface area contributed by atoms with Crippen LogP contribution >= 0.6 is 0 Å². The summed E-state index contributed by atoms with van der Waals surface area (Å²) in [6.07, 6.45) is 15.3. The van der Waals surface area contributed by atoms with Crippen LogP contribution in [-0.4, -0.2) is 61.9 Å². The Morgan fingerprint density at radius 1 is 1.06 bits per heavy atom. The van der Waals surface area contributed by atoms with Crippen LogP contribution in [0, 0.1) is 5.41 Å². The SMILES string of the molecule is CN1CC2(CCC(c3cnn4ccc(-c5cnc(CO[C@H]6CCC[C@@H]6O)nc5)cc34)CC2)C1. The molecule has 7 nitrogen and oxygen atoms in total. The van der Waals surface area contributed by atoms with Crippen LogP contribution in [0.4, 0.5) is 0 Å². The van der Waals surface area contributed by atoms with E-state index in [2.05, 4.69) is 45.3 Å². The third kappa shape index (κ3) is 4.07. The van der Waals surface area contributed by atoms with E-state index in [-0.39, 0.29) is 12.2 Å². The highest BCUT2D eigenvalue weighted by molar-refractivity contribution is 5.69. The Bertz CT molecular complexity index is 1110. The van der Waals surface area contributed by atoms with Crippen molar-refractivity contribution in [1.82, 2.24) is 24.5 Å². The minimum atomic E-state index is -0.356. The Kier molecular flexibility index (Phi) is 5.43. The lowest BCUT2D eigenvalue weighted by atomic mass is 9.65. The molecule has 7 heteroatoms. The summed E-state index contributed by atoms with van der Waals surface area (Å²) in [6, 6.07) is 4.31. The molecule has 0 bridgehead atoms. The minimum absolute atomic E-state index is 0.0872. The van der Waals surface area contributed by atoms with Crippen molar-refractivity contribution < 1.29 is 9.84 Å². The minimum Gasteiger partial charge on any atom is -0.390 e. The van der Waals surface area contributed by atoms with Gasteiger partial charge < -0.3 is 14.7 Å². The third-order valence-corrected chi connectivity index (χ3v) is 8.13. The fourth-order valence-electron chi connectivity index (χ4n) is 6.31. The molecule has 0 aromatic carbocycles. The Morgan fingerprint density at radius 2 is 1.85 bits per heavy atom. The van der Waals surface area contributed by atoms with Crippen molar-refractivity contribution in [2.24, 2.45) is 5.41 Å². The molecule has 2 aliphatic carbocycles. The highest BCUT2D eigenvalue weighted by Gasteiger charge is 2.43. The zero-order valence-electron chi connectivity index (χ0n) is 19.4. The number of fused-ring (bicyclic) bond motifs is 1. The summed E-state index contributed by atoms with van der Waals surface area (Å²) in [5, 5.41) is 14.6. The number of pyridine rings is 1. The van der Waals surface area contributed by atoms with E-state index in [1.165, 1.54) is 49.9 Å². The molecule has 174 valence electrons. The lowest BCUT2D eigenvalue weighted by Crippen LogP contribution is -2.55. The second kappa shape index (κ2) is 8.46. The van der Waals surface area contributed by atoms with Gasteiger partial charge in [-0.1, -0.05) is 0 Å². The predicted molar refractivity (Wildman–Crippen MR) is 126 cm³/mol. The number of likely N-dealkylation sites (tertiary alicyclic amines) is 1. The van der Waals surface area contributed by atoms with Gasteiger partial charge in [-0.05, 0) is 81.0 Å². The van der Waals surface area contributed by atoms with E-state index >= 15 is 0 Å². The van der Waals surface area contributed by atoms with Gasteiger partial charge in [-0.15, -0.1) is 0 Å². The first kappa shape index (κ1) is 21.2. The molecule has 6 rings (SSSR count). The molecule has 1 N–H and O–H groups in total. The van der Waals surface area contributed by atoms with Crippen molar-refractivity contribution in [3.63, 3.8) is 0 Å². The van der Waals surface area contributed by atoms with Crippen LogP contribution in [0.5, 0.6) is 0 Å². The van der Waals surface area contributed by atoms with Gasteiger partial charge in [0.15, 0.2) is 5.82 Å². The van der Waals surface area contributed by atoms with Crippen molar-refractivity contribution in [2.45, 2.75) is 69.7 Å². The number of aliphatic hydroxyl groups excluding tert-OH is 1. The highest BCUT2D eigenvalue weighted by Crippen LogP contribution is 2.48. The first-order valence-electron chi connectivity index (χ1n) is 12.4. The molecule has 2 atom stereocenters. The maximum atomic E-state index is 9.92. The molecular formula is C26H33N5O2. The van der Waals surface area contributed by atoms with Gasteiger partial charge in [-0.3, -0.25) is 0 Å². The van der Waals surface area contributed by atoms with Gasteiger partial charge in [0.25, 0.3) is 0 Å². The second-order valence-corrected chi connectivity index (χ2v) is 10.5. The monoisotopic (exact) mass is 447 g/mol. The van der Waals surface area contributed by atoms with Crippen molar-refractivity contribution in [1.29, 1.82) is 0 Å². The van der Waals surface area contributed by atoms with E-state index < -0.39 is 0 Å². The molecular weight excluding hydrogens is 414 g/mol. The van der Waals surface area contributed by atoms with Crippen LogP contribution in [0.25, 0.3) is 16.6 Å². The molecule has 1 aliphatic heterocycles. The molecule has 0 unspecified atom stereocenters. The quantitative estimate of drug-likeness (QED) is 0.641. The van der Waals surface area contributed by atoms with Crippen molar-refractivity contribution in [2.75, 3.05) is 20.1 Å². The summed E-state index contributed by atoms with van der Waals surface area (Å²) in [5.41, 5.74) is 5.25. The Morgan fingerprint density at radius 3 is 2.55 bits per heavy atom. The number of rotatable bonds is 5. The Labute approximate surface area is 194 Å². The zero-order chi connectivity index (χ0) is 22.4. The molecule has 3 aliphatic rings. The summed E-state index contributed by atoms with van der Waals surface area (Å²) in [6.45, 7) is 2.87. The van der Waals surface area contributed by atoms with Crippen LogP contribution in [0.3, 0.4) is 0 Å². The van der Waals surface area contributed by atoms with E-state index in [4.69, 9.17) is 4.74 Å². The number of nitrogens with zero attached hydrogens (tertiary/aromatic N) is 5. The molecule has 4 heterocycles. The van der Waals surface area contributed by atoms with Gasteiger partial charge >= 0.3 is 0 Å². The van der Waals surface area contributed by atoms with Crippen LogP contribution in [-0.2, 0) is 11.3 Å². The van der Waals surface area contributed by atoms with Crippen LogP contribution in [0.1, 0.15) is 62.3 Å². The molecule has 3 fully saturated rings. The smallest absolute Gasteiger partial charge is 0.153 e.